The van der Waals surface area contributed by atoms with Gasteiger partial charge in [-0.2, -0.15) is 0 Å². The fraction of sp³-hybridized carbons (Fsp3) is 0.833. The molecule has 5 nitrogen and oxygen atoms in total. The van der Waals surface area contributed by atoms with Crippen LogP contribution in [0.3, 0.4) is 0 Å². The van der Waals surface area contributed by atoms with Crippen LogP contribution in [-0.4, -0.2) is 46.1 Å². The molecule has 0 fully saturated rings. The second-order valence-electron chi connectivity index (χ2n) is 13.9. The van der Waals surface area contributed by atoms with Crippen molar-refractivity contribution in [2.45, 2.75) is 218 Å². The zero-order chi connectivity index (χ0) is 34.5. The van der Waals surface area contributed by atoms with Gasteiger partial charge in [0.05, 0.1) is 31.3 Å². The quantitative estimate of drug-likeness (QED) is 0.0397. The number of aliphatic hydroxyl groups is 3. The van der Waals surface area contributed by atoms with E-state index in [0.29, 0.717) is 6.42 Å². The molecule has 0 radical (unpaired) electrons. The molecule has 0 saturated heterocycles. The molecule has 0 aliphatic carbocycles. The van der Waals surface area contributed by atoms with Gasteiger partial charge in [-0.15, -0.1) is 0 Å². The molecular formula is C42H79NO4. The monoisotopic (exact) mass is 662 g/mol. The average molecular weight is 662 g/mol. The van der Waals surface area contributed by atoms with E-state index in [1.165, 1.54) is 128 Å². The summed E-state index contributed by atoms with van der Waals surface area (Å²) < 4.78 is 0. The molecule has 0 heterocycles. The van der Waals surface area contributed by atoms with E-state index in [4.69, 9.17) is 0 Å². The SMILES string of the molecule is CCCCCCCC/C=C\CCCCCCCC(O)CC(=O)NC(CO)C(O)/C=C/CC/C=C/CCCCCCCCCCCCC. The summed E-state index contributed by atoms with van der Waals surface area (Å²) in [7, 11) is 0. The Hall–Kier alpha value is -1.43. The highest BCUT2D eigenvalue weighted by molar-refractivity contribution is 5.76. The molecule has 0 aromatic rings. The molecule has 0 aliphatic heterocycles. The van der Waals surface area contributed by atoms with Crippen molar-refractivity contribution in [3.05, 3.63) is 36.5 Å². The maximum atomic E-state index is 12.4. The molecule has 0 aliphatic rings. The predicted molar refractivity (Wildman–Crippen MR) is 204 cm³/mol. The molecule has 276 valence electrons. The molecule has 0 aromatic carbocycles. The predicted octanol–water partition coefficient (Wildman–Crippen LogP) is 11.2. The minimum atomic E-state index is -0.952. The molecule has 0 rings (SSSR count). The Labute approximate surface area is 292 Å². The first-order valence-electron chi connectivity index (χ1n) is 20.3. The Balaban J connectivity index is 3.77. The lowest BCUT2D eigenvalue weighted by molar-refractivity contribution is -0.124. The van der Waals surface area contributed by atoms with Gasteiger partial charge in [0.15, 0.2) is 0 Å². The van der Waals surface area contributed by atoms with Crippen molar-refractivity contribution in [1.29, 1.82) is 0 Å². The number of nitrogens with one attached hydrogen (secondary N) is 1. The Bertz CT molecular complexity index is 734. The highest BCUT2D eigenvalue weighted by Gasteiger charge is 2.20. The largest absolute Gasteiger partial charge is 0.394 e. The summed E-state index contributed by atoms with van der Waals surface area (Å²) in [6, 6.07) is -0.762. The van der Waals surface area contributed by atoms with Gasteiger partial charge in [0.25, 0.3) is 0 Å². The number of carbonyl (C=O) groups is 1. The maximum Gasteiger partial charge on any atom is 0.222 e. The van der Waals surface area contributed by atoms with Gasteiger partial charge in [-0.05, 0) is 57.8 Å². The third-order valence-electron chi connectivity index (χ3n) is 9.15. The summed E-state index contributed by atoms with van der Waals surface area (Å²) in [5, 5.41) is 33.1. The number of unbranched alkanes of at least 4 members (excludes halogenated alkanes) is 23. The number of rotatable bonds is 36. The number of carbonyl (C=O) groups excluding carboxylic acids is 1. The van der Waals surface area contributed by atoms with Crippen molar-refractivity contribution in [3.8, 4) is 0 Å². The number of aliphatic hydroxyl groups excluding tert-OH is 3. The number of amides is 1. The van der Waals surface area contributed by atoms with Gasteiger partial charge in [-0.1, -0.05) is 172 Å². The highest BCUT2D eigenvalue weighted by atomic mass is 16.3. The minimum absolute atomic E-state index is 0.000251. The van der Waals surface area contributed by atoms with Crippen LogP contribution in [0.1, 0.15) is 200 Å². The second kappa shape index (κ2) is 37.4. The van der Waals surface area contributed by atoms with Crippen molar-refractivity contribution < 1.29 is 20.1 Å². The van der Waals surface area contributed by atoms with E-state index in [1.54, 1.807) is 6.08 Å². The van der Waals surface area contributed by atoms with Gasteiger partial charge in [0, 0.05) is 0 Å². The van der Waals surface area contributed by atoms with Crippen LogP contribution in [0, 0.1) is 0 Å². The number of hydrogen-bond acceptors (Lipinski definition) is 4. The van der Waals surface area contributed by atoms with Gasteiger partial charge in [-0.25, -0.2) is 0 Å². The molecular weight excluding hydrogens is 582 g/mol. The molecule has 3 unspecified atom stereocenters. The first-order valence-corrected chi connectivity index (χ1v) is 20.3. The molecule has 3 atom stereocenters. The lowest BCUT2D eigenvalue weighted by atomic mass is 10.0. The van der Waals surface area contributed by atoms with Crippen LogP contribution in [0.25, 0.3) is 0 Å². The lowest BCUT2D eigenvalue weighted by Crippen LogP contribution is -2.45. The normalized spacial score (nSPS) is 14.1. The zero-order valence-corrected chi connectivity index (χ0v) is 31.2. The van der Waals surface area contributed by atoms with Crippen molar-refractivity contribution >= 4 is 5.91 Å². The average Bonchev–Trinajstić information content (AvgIpc) is 3.06. The molecule has 4 N–H and O–H groups in total. The Morgan fingerprint density at radius 2 is 0.915 bits per heavy atom. The third kappa shape index (κ3) is 34.2. The Morgan fingerprint density at radius 1 is 0.532 bits per heavy atom. The summed E-state index contributed by atoms with van der Waals surface area (Å²) >= 11 is 0. The molecule has 1 amide bonds. The van der Waals surface area contributed by atoms with Crippen LogP contribution in [0.2, 0.25) is 0 Å². The van der Waals surface area contributed by atoms with E-state index in [-0.39, 0.29) is 18.9 Å². The Kier molecular flexibility index (Phi) is 36.3. The molecule has 0 spiro atoms. The fourth-order valence-corrected chi connectivity index (χ4v) is 6.00. The first-order chi connectivity index (χ1) is 23.0. The molecule has 0 aromatic heterocycles. The maximum absolute atomic E-state index is 12.4. The number of allylic oxidation sites excluding steroid dienone is 5. The van der Waals surface area contributed by atoms with E-state index in [2.05, 4.69) is 43.5 Å². The van der Waals surface area contributed by atoms with E-state index >= 15 is 0 Å². The lowest BCUT2D eigenvalue weighted by Gasteiger charge is -2.20. The van der Waals surface area contributed by atoms with E-state index < -0.39 is 18.2 Å². The first kappa shape index (κ1) is 45.6. The van der Waals surface area contributed by atoms with Crippen molar-refractivity contribution in [2.75, 3.05) is 6.61 Å². The molecule has 47 heavy (non-hydrogen) atoms. The van der Waals surface area contributed by atoms with Crippen LogP contribution in [0.4, 0.5) is 0 Å². The standard InChI is InChI=1S/C42H79NO4/c1-3-5-7-9-11-13-15-17-19-20-22-24-26-28-30-32-34-36-41(46)40(38-44)43-42(47)37-39(45)35-33-31-29-27-25-23-21-18-16-14-12-10-8-6-4-2/h18,21,26,28,34,36,39-41,44-46H,3-17,19-20,22-25,27,29-33,35,37-38H2,1-2H3,(H,43,47)/b21-18-,28-26+,36-34+. The third-order valence-corrected chi connectivity index (χ3v) is 9.15. The van der Waals surface area contributed by atoms with Crippen molar-refractivity contribution in [3.63, 3.8) is 0 Å². The van der Waals surface area contributed by atoms with E-state index in [1.807, 2.05) is 6.08 Å². The van der Waals surface area contributed by atoms with Gasteiger partial charge in [0.1, 0.15) is 0 Å². The minimum Gasteiger partial charge on any atom is -0.394 e. The van der Waals surface area contributed by atoms with Gasteiger partial charge >= 0.3 is 0 Å². The van der Waals surface area contributed by atoms with Crippen molar-refractivity contribution in [2.24, 2.45) is 0 Å². The Morgan fingerprint density at radius 3 is 1.36 bits per heavy atom. The van der Waals surface area contributed by atoms with Gasteiger partial charge in [0.2, 0.25) is 5.91 Å². The highest BCUT2D eigenvalue weighted by Crippen LogP contribution is 2.14. The zero-order valence-electron chi connectivity index (χ0n) is 31.2. The van der Waals surface area contributed by atoms with Crippen LogP contribution in [0.15, 0.2) is 36.5 Å². The van der Waals surface area contributed by atoms with Gasteiger partial charge < -0.3 is 20.6 Å². The van der Waals surface area contributed by atoms with Gasteiger partial charge in [-0.3, -0.25) is 4.79 Å². The second-order valence-corrected chi connectivity index (χ2v) is 13.9. The molecule has 0 saturated carbocycles. The smallest absolute Gasteiger partial charge is 0.222 e. The van der Waals surface area contributed by atoms with E-state index in [9.17, 15) is 20.1 Å². The van der Waals surface area contributed by atoms with Crippen LogP contribution in [-0.2, 0) is 4.79 Å². The summed E-state index contributed by atoms with van der Waals surface area (Å²) in [6.07, 6.45) is 45.6. The van der Waals surface area contributed by atoms with Crippen molar-refractivity contribution in [1.82, 2.24) is 5.32 Å². The fourth-order valence-electron chi connectivity index (χ4n) is 6.00. The molecule has 5 heteroatoms. The van der Waals surface area contributed by atoms with Crippen LogP contribution < -0.4 is 5.32 Å². The molecule has 0 bridgehead atoms. The summed E-state index contributed by atoms with van der Waals surface area (Å²) in [6.45, 7) is 4.18. The van der Waals surface area contributed by atoms with Crippen LogP contribution in [0.5, 0.6) is 0 Å². The van der Waals surface area contributed by atoms with E-state index in [0.717, 1.165) is 44.9 Å². The number of hydrogen-bond donors (Lipinski definition) is 4. The topological polar surface area (TPSA) is 89.8 Å². The van der Waals surface area contributed by atoms with Crippen LogP contribution >= 0.6 is 0 Å². The summed E-state index contributed by atoms with van der Waals surface area (Å²) in [5.74, 6) is -0.331. The summed E-state index contributed by atoms with van der Waals surface area (Å²) in [5.41, 5.74) is 0. The summed E-state index contributed by atoms with van der Waals surface area (Å²) in [4.78, 5) is 12.4.